The summed E-state index contributed by atoms with van der Waals surface area (Å²) in [5, 5.41) is 0. The van der Waals surface area contributed by atoms with Gasteiger partial charge in [-0.15, -0.1) is 0 Å². The smallest absolute Gasteiger partial charge is 0.410 e. The van der Waals surface area contributed by atoms with E-state index in [1.807, 2.05) is 36.2 Å². The van der Waals surface area contributed by atoms with Crippen LogP contribution in [0.2, 0.25) is 0 Å². The lowest BCUT2D eigenvalue weighted by Crippen LogP contribution is -2.53. The fraction of sp³-hybridized carbons (Fsp3) is 0.480. The lowest BCUT2D eigenvalue weighted by molar-refractivity contribution is 0.0235. The Hall–Kier alpha value is -2.67. The van der Waals surface area contributed by atoms with Crippen molar-refractivity contribution in [1.29, 1.82) is 0 Å². The highest BCUT2D eigenvalue weighted by Gasteiger charge is 2.35. The predicted octanol–water partition coefficient (Wildman–Crippen LogP) is 5.04. The first-order valence-electron chi connectivity index (χ1n) is 11.0. The van der Waals surface area contributed by atoms with E-state index in [0.29, 0.717) is 25.5 Å². The van der Waals surface area contributed by atoms with Crippen molar-refractivity contribution in [2.24, 2.45) is 5.92 Å². The molecule has 0 bridgehead atoms. The Labute approximate surface area is 188 Å². The van der Waals surface area contributed by atoms with Crippen LogP contribution < -0.4 is 4.74 Å². The Kier molecular flexibility index (Phi) is 8.45. The van der Waals surface area contributed by atoms with Crippen LogP contribution in [-0.4, -0.2) is 54.9 Å². The molecule has 0 spiro atoms. The molecule has 0 unspecified atom stereocenters. The molecule has 1 aliphatic heterocycles. The zero-order chi connectivity index (χ0) is 23.1. The van der Waals surface area contributed by atoms with E-state index >= 15 is 0 Å². The van der Waals surface area contributed by atoms with E-state index < -0.39 is 18.3 Å². The maximum absolute atomic E-state index is 14.8. The van der Waals surface area contributed by atoms with Gasteiger partial charge in [-0.3, -0.25) is 4.90 Å². The highest BCUT2D eigenvalue weighted by Crippen LogP contribution is 2.23. The van der Waals surface area contributed by atoms with Crippen LogP contribution in [0.1, 0.15) is 31.4 Å². The molecule has 174 valence electrons. The molecule has 0 N–H and O–H groups in total. The number of halogens is 2. The second-order valence-electron chi connectivity index (χ2n) is 8.79. The number of nitrogens with zero attached hydrogens (tertiary/aromatic N) is 2. The molecular formula is C25H32F2N2O3. The molecule has 2 aromatic carbocycles. The van der Waals surface area contributed by atoms with Gasteiger partial charge in [-0.1, -0.05) is 38.1 Å². The molecule has 0 saturated carbocycles. The molecule has 1 aliphatic rings. The van der Waals surface area contributed by atoms with Crippen LogP contribution in [0.3, 0.4) is 0 Å². The SMILES string of the molecule is CC(C)COc1ccc(COC(=O)N(Cc2ccc(F)cc2)[C@H]2CCN(C)C[C@H]2F)cc1. The molecule has 3 rings (SSSR count). The summed E-state index contributed by atoms with van der Waals surface area (Å²) in [6.07, 6.45) is -1.25. The molecule has 32 heavy (non-hydrogen) atoms. The van der Waals surface area contributed by atoms with Crippen LogP contribution in [0.25, 0.3) is 0 Å². The van der Waals surface area contributed by atoms with Crippen molar-refractivity contribution in [2.75, 3.05) is 26.7 Å². The fourth-order valence-electron chi connectivity index (χ4n) is 3.67. The number of hydrogen-bond acceptors (Lipinski definition) is 4. The van der Waals surface area contributed by atoms with Gasteiger partial charge in [0.15, 0.2) is 0 Å². The highest BCUT2D eigenvalue weighted by atomic mass is 19.1. The minimum absolute atomic E-state index is 0.0762. The number of carbonyl (C=O) groups is 1. The van der Waals surface area contributed by atoms with Gasteiger partial charge in [-0.25, -0.2) is 13.6 Å². The Morgan fingerprint density at radius 1 is 1.12 bits per heavy atom. The molecule has 1 amide bonds. The summed E-state index contributed by atoms with van der Waals surface area (Å²) in [7, 11) is 1.86. The largest absolute Gasteiger partial charge is 0.493 e. The lowest BCUT2D eigenvalue weighted by atomic mass is 10.0. The van der Waals surface area contributed by atoms with Crippen molar-refractivity contribution in [3.63, 3.8) is 0 Å². The minimum atomic E-state index is -1.18. The summed E-state index contributed by atoms with van der Waals surface area (Å²) in [6, 6.07) is 12.7. The van der Waals surface area contributed by atoms with E-state index in [9.17, 15) is 13.6 Å². The molecule has 2 atom stereocenters. The minimum Gasteiger partial charge on any atom is -0.493 e. The van der Waals surface area contributed by atoms with Crippen molar-refractivity contribution in [3.05, 3.63) is 65.5 Å². The van der Waals surface area contributed by atoms with Crippen LogP contribution in [0, 0.1) is 11.7 Å². The standard InChI is InChI=1S/C25H32F2N2O3/c1-18(2)16-31-22-10-6-20(7-11-22)17-32-25(30)29(14-19-4-8-21(26)9-5-19)24-12-13-28(3)15-23(24)27/h4-11,18,23-24H,12-17H2,1-3H3/t23-,24+/m1/s1. The van der Waals surface area contributed by atoms with E-state index in [4.69, 9.17) is 9.47 Å². The first kappa shape index (κ1) is 24.0. The van der Waals surface area contributed by atoms with Gasteiger partial charge < -0.3 is 14.4 Å². The van der Waals surface area contributed by atoms with Crippen LogP contribution in [0.15, 0.2) is 48.5 Å². The third-order valence-electron chi connectivity index (χ3n) is 5.48. The Morgan fingerprint density at radius 3 is 2.41 bits per heavy atom. The number of benzene rings is 2. The first-order valence-corrected chi connectivity index (χ1v) is 11.0. The predicted molar refractivity (Wildman–Crippen MR) is 120 cm³/mol. The summed E-state index contributed by atoms with van der Waals surface area (Å²) in [5.74, 6) is 0.839. The highest BCUT2D eigenvalue weighted by molar-refractivity contribution is 5.68. The molecule has 0 aliphatic carbocycles. The molecule has 7 heteroatoms. The summed E-state index contributed by atoms with van der Waals surface area (Å²) in [5.41, 5.74) is 1.54. The van der Waals surface area contributed by atoms with Gasteiger partial charge in [0.25, 0.3) is 0 Å². The maximum Gasteiger partial charge on any atom is 0.410 e. The quantitative estimate of drug-likeness (QED) is 0.570. The summed E-state index contributed by atoms with van der Waals surface area (Å²) < 4.78 is 39.4. The average molecular weight is 447 g/mol. The second-order valence-corrected chi connectivity index (χ2v) is 8.79. The van der Waals surface area contributed by atoms with Crippen LogP contribution >= 0.6 is 0 Å². The van der Waals surface area contributed by atoms with Crippen molar-refractivity contribution in [1.82, 2.24) is 9.80 Å². The number of piperidine rings is 1. The number of alkyl halides is 1. The third kappa shape index (κ3) is 6.92. The van der Waals surface area contributed by atoms with Crippen LogP contribution in [-0.2, 0) is 17.9 Å². The Bertz CT molecular complexity index is 858. The van der Waals surface area contributed by atoms with E-state index in [-0.39, 0.29) is 25.5 Å². The number of ether oxygens (including phenoxy) is 2. The molecule has 2 aromatic rings. The lowest BCUT2D eigenvalue weighted by Gasteiger charge is -2.39. The summed E-state index contributed by atoms with van der Waals surface area (Å²) in [6.45, 7) is 5.98. The maximum atomic E-state index is 14.8. The molecule has 1 fully saturated rings. The van der Waals surface area contributed by atoms with Crippen molar-refractivity contribution >= 4 is 6.09 Å². The van der Waals surface area contributed by atoms with Gasteiger partial charge in [-0.2, -0.15) is 0 Å². The van der Waals surface area contributed by atoms with E-state index in [1.165, 1.54) is 17.0 Å². The summed E-state index contributed by atoms with van der Waals surface area (Å²) >= 11 is 0. The molecule has 1 saturated heterocycles. The number of rotatable bonds is 8. The molecule has 5 nitrogen and oxygen atoms in total. The van der Waals surface area contributed by atoms with Crippen molar-refractivity contribution < 1.29 is 23.0 Å². The Balaban J connectivity index is 1.65. The topological polar surface area (TPSA) is 42.0 Å². The summed E-state index contributed by atoms with van der Waals surface area (Å²) in [4.78, 5) is 16.3. The number of likely N-dealkylation sites (tertiary alicyclic amines) is 1. The number of hydrogen-bond donors (Lipinski definition) is 0. The van der Waals surface area contributed by atoms with Gasteiger partial charge in [0.05, 0.1) is 12.6 Å². The van der Waals surface area contributed by atoms with E-state index in [1.54, 1.807) is 12.1 Å². The first-order chi connectivity index (χ1) is 15.3. The molecule has 1 heterocycles. The van der Waals surface area contributed by atoms with Crippen molar-refractivity contribution in [2.45, 2.75) is 45.6 Å². The second kappa shape index (κ2) is 11.3. The number of amides is 1. The number of carbonyl (C=O) groups excluding carboxylic acids is 1. The zero-order valence-electron chi connectivity index (χ0n) is 19.0. The van der Waals surface area contributed by atoms with Gasteiger partial charge in [0, 0.05) is 19.6 Å². The normalized spacial score (nSPS) is 19.1. The van der Waals surface area contributed by atoms with Gasteiger partial charge in [0.2, 0.25) is 0 Å². The van der Waals surface area contributed by atoms with Crippen LogP contribution in [0.5, 0.6) is 5.75 Å². The zero-order valence-corrected chi connectivity index (χ0v) is 19.0. The Morgan fingerprint density at radius 2 is 1.78 bits per heavy atom. The van der Waals surface area contributed by atoms with E-state index in [0.717, 1.165) is 16.9 Å². The molecule has 0 aromatic heterocycles. The molecular weight excluding hydrogens is 414 g/mol. The average Bonchev–Trinajstić information content (AvgIpc) is 2.77. The van der Waals surface area contributed by atoms with Crippen LogP contribution in [0.4, 0.5) is 13.6 Å². The van der Waals surface area contributed by atoms with Crippen molar-refractivity contribution in [3.8, 4) is 5.75 Å². The van der Waals surface area contributed by atoms with Gasteiger partial charge >= 0.3 is 6.09 Å². The van der Waals surface area contributed by atoms with Gasteiger partial charge in [0.1, 0.15) is 24.3 Å². The fourth-order valence-corrected chi connectivity index (χ4v) is 3.67. The molecule has 0 radical (unpaired) electrons. The third-order valence-corrected chi connectivity index (χ3v) is 5.48. The van der Waals surface area contributed by atoms with Gasteiger partial charge in [-0.05, 0) is 54.8 Å². The monoisotopic (exact) mass is 446 g/mol. The van der Waals surface area contributed by atoms with E-state index in [2.05, 4.69) is 13.8 Å².